The van der Waals surface area contributed by atoms with Crippen molar-refractivity contribution < 1.29 is 9.84 Å². The van der Waals surface area contributed by atoms with Crippen LogP contribution in [0, 0.1) is 11.8 Å². The van der Waals surface area contributed by atoms with Gasteiger partial charge in [-0.05, 0) is 37.5 Å². The van der Waals surface area contributed by atoms with Gasteiger partial charge in [-0.1, -0.05) is 33.1 Å². The molecular formula is C14H28O2. The zero-order chi connectivity index (χ0) is 12.0. The van der Waals surface area contributed by atoms with Gasteiger partial charge in [-0.25, -0.2) is 0 Å². The first-order chi connectivity index (χ1) is 7.65. The molecule has 2 unspecified atom stereocenters. The van der Waals surface area contributed by atoms with E-state index < -0.39 is 0 Å². The molecule has 0 aromatic carbocycles. The molecular weight excluding hydrogens is 200 g/mol. The molecule has 0 aromatic heterocycles. The van der Waals surface area contributed by atoms with Crippen molar-refractivity contribution in [3.8, 4) is 0 Å². The van der Waals surface area contributed by atoms with Crippen molar-refractivity contribution in [1.29, 1.82) is 0 Å². The van der Waals surface area contributed by atoms with Gasteiger partial charge in [-0.15, -0.1) is 0 Å². The van der Waals surface area contributed by atoms with Crippen LogP contribution in [0.1, 0.15) is 58.8 Å². The Balaban J connectivity index is 2.38. The Bertz CT molecular complexity index is 174. The fraction of sp³-hybridized carbons (Fsp3) is 1.00. The minimum Gasteiger partial charge on any atom is -0.390 e. The van der Waals surface area contributed by atoms with Crippen molar-refractivity contribution in [3.05, 3.63) is 0 Å². The van der Waals surface area contributed by atoms with Crippen LogP contribution in [0.2, 0.25) is 0 Å². The molecule has 1 saturated carbocycles. The maximum atomic E-state index is 10.2. The minimum absolute atomic E-state index is 0.0686. The molecule has 2 nitrogen and oxygen atoms in total. The standard InChI is InChI=1S/C14H28O2/c1-11(2)9-10-13(15)14(16-3)12-7-5-4-6-8-12/h11-15H,4-10H2,1-3H3. The first kappa shape index (κ1) is 14.0. The molecule has 1 fully saturated rings. The zero-order valence-electron chi connectivity index (χ0n) is 11.1. The molecule has 0 bridgehead atoms. The second-order valence-electron chi connectivity index (χ2n) is 5.64. The summed E-state index contributed by atoms with van der Waals surface area (Å²) in [4.78, 5) is 0. The van der Waals surface area contributed by atoms with E-state index in [1.165, 1.54) is 32.1 Å². The Morgan fingerprint density at radius 3 is 2.25 bits per heavy atom. The molecule has 96 valence electrons. The SMILES string of the molecule is COC(C(O)CCC(C)C)C1CCCCC1. The molecule has 0 radical (unpaired) electrons. The lowest BCUT2D eigenvalue weighted by Gasteiger charge is -2.32. The highest BCUT2D eigenvalue weighted by Gasteiger charge is 2.29. The number of rotatable bonds is 6. The van der Waals surface area contributed by atoms with Gasteiger partial charge in [0.25, 0.3) is 0 Å². The largest absolute Gasteiger partial charge is 0.390 e. The van der Waals surface area contributed by atoms with Crippen molar-refractivity contribution in [2.75, 3.05) is 7.11 Å². The molecule has 0 heterocycles. The number of aliphatic hydroxyl groups is 1. The van der Waals surface area contributed by atoms with Gasteiger partial charge in [0, 0.05) is 7.11 Å². The summed E-state index contributed by atoms with van der Waals surface area (Å²) in [6, 6.07) is 0. The van der Waals surface area contributed by atoms with E-state index in [1.807, 2.05) is 0 Å². The molecule has 2 heteroatoms. The monoisotopic (exact) mass is 228 g/mol. The number of aliphatic hydroxyl groups excluding tert-OH is 1. The number of hydrogen-bond donors (Lipinski definition) is 1. The Kier molecular flexibility index (Phi) is 6.37. The fourth-order valence-electron chi connectivity index (χ4n) is 2.79. The molecule has 2 atom stereocenters. The molecule has 1 rings (SSSR count). The highest BCUT2D eigenvalue weighted by molar-refractivity contribution is 4.80. The van der Waals surface area contributed by atoms with Gasteiger partial charge in [-0.3, -0.25) is 0 Å². The van der Waals surface area contributed by atoms with E-state index in [0.29, 0.717) is 11.8 Å². The highest BCUT2D eigenvalue weighted by Crippen LogP contribution is 2.30. The second-order valence-corrected chi connectivity index (χ2v) is 5.64. The molecule has 0 saturated heterocycles. The maximum absolute atomic E-state index is 10.2. The maximum Gasteiger partial charge on any atom is 0.0858 e. The second kappa shape index (κ2) is 7.29. The smallest absolute Gasteiger partial charge is 0.0858 e. The summed E-state index contributed by atoms with van der Waals surface area (Å²) in [5, 5.41) is 10.2. The van der Waals surface area contributed by atoms with Crippen LogP contribution in [0.4, 0.5) is 0 Å². The van der Waals surface area contributed by atoms with Crippen LogP contribution in [-0.2, 0) is 4.74 Å². The van der Waals surface area contributed by atoms with Crippen molar-refractivity contribution >= 4 is 0 Å². The van der Waals surface area contributed by atoms with Gasteiger partial charge in [0.15, 0.2) is 0 Å². The van der Waals surface area contributed by atoms with E-state index in [2.05, 4.69) is 13.8 Å². The summed E-state index contributed by atoms with van der Waals surface area (Å²) in [7, 11) is 1.75. The number of hydrogen-bond acceptors (Lipinski definition) is 2. The van der Waals surface area contributed by atoms with E-state index in [9.17, 15) is 5.11 Å². The van der Waals surface area contributed by atoms with Crippen LogP contribution in [0.25, 0.3) is 0 Å². The topological polar surface area (TPSA) is 29.5 Å². The van der Waals surface area contributed by atoms with Gasteiger partial charge in [0.2, 0.25) is 0 Å². The predicted molar refractivity (Wildman–Crippen MR) is 67.5 cm³/mol. The van der Waals surface area contributed by atoms with Gasteiger partial charge in [0.1, 0.15) is 0 Å². The van der Waals surface area contributed by atoms with Crippen LogP contribution < -0.4 is 0 Å². The van der Waals surface area contributed by atoms with Crippen LogP contribution in [0.3, 0.4) is 0 Å². The predicted octanol–water partition coefficient (Wildman–Crippen LogP) is 3.38. The third kappa shape index (κ3) is 4.42. The number of methoxy groups -OCH3 is 1. The average molecular weight is 228 g/mol. The van der Waals surface area contributed by atoms with Crippen molar-refractivity contribution in [2.24, 2.45) is 11.8 Å². The van der Waals surface area contributed by atoms with Gasteiger partial charge in [0.05, 0.1) is 12.2 Å². The van der Waals surface area contributed by atoms with E-state index in [4.69, 9.17) is 4.74 Å². The summed E-state index contributed by atoms with van der Waals surface area (Å²) in [5.74, 6) is 1.25. The summed E-state index contributed by atoms with van der Waals surface area (Å²) in [6.07, 6.45) is 8.21. The van der Waals surface area contributed by atoms with E-state index in [-0.39, 0.29) is 12.2 Å². The Hall–Kier alpha value is -0.0800. The Morgan fingerprint density at radius 2 is 1.75 bits per heavy atom. The quantitative estimate of drug-likeness (QED) is 0.755. The molecule has 0 aromatic rings. The third-order valence-electron chi connectivity index (χ3n) is 3.81. The molecule has 16 heavy (non-hydrogen) atoms. The lowest BCUT2D eigenvalue weighted by Crippen LogP contribution is -2.36. The van der Waals surface area contributed by atoms with Crippen molar-refractivity contribution in [3.63, 3.8) is 0 Å². The van der Waals surface area contributed by atoms with Crippen LogP contribution in [0.15, 0.2) is 0 Å². The Morgan fingerprint density at radius 1 is 1.12 bits per heavy atom. The van der Waals surface area contributed by atoms with E-state index in [0.717, 1.165) is 12.8 Å². The summed E-state index contributed by atoms with van der Waals surface area (Å²) >= 11 is 0. The molecule has 0 spiro atoms. The van der Waals surface area contributed by atoms with Gasteiger partial charge >= 0.3 is 0 Å². The van der Waals surface area contributed by atoms with E-state index >= 15 is 0 Å². The first-order valence-electron chi connectivity index (χ1n) is 6.86. The van der Waals surface area contributed by atoms with Crippen LogP contribution >= 0.6 is 0 Å². The molecule has 0 amide bonds. The molecule has 1 aliphatic carbocycles. The van der Waals surface area contributed by atoms with Crippen LogP contribution in [0.5, 0.6) is 0 Å². The Labute approximate surface area is 100 Å². The highest BCUT2D eigenvalue weighted by atomic mass is 16.5. The van der Waals surface area contributed by atoms with Gasteiger partial charge in [-0.2, -0.15) is 0 Å². The third-order valence-corrected chi connectivity index (χ3v) is 3.81. The average Bonchev–Trinajstić information content (AvgIpc) is 2.29. The normalized spacial score (nSPS) is 22.3. The van der Waals surface area contributed by atoms with Crippen LogP contribution in [-0.4, -0.2) is 24.4 Å². The fourth-order valence-corrected chi connectivity index (χ4v) is 2.79. The first-order valence-corrected chi connectivity index (χ1v) is 6.86. The summed E-state index contributed by atoms with van der Waals surface area (Å²) < 4.78 is 5.53. The van der Waals surface area contributed by atoms with Crippen molar-refractivity contribution in [2.45, 2.75) is 71.0 Å². The summed E-state index contributed by atoms with van der Waals surface area (Å²) in [6.45, 7) is 4.41. The summed E-state index contributed by atoms with van der Waals surface area (Å²) in [5.41, 5.74) is 0. The molecule has 1 aliphatic rings. The zero-order valence-corrected chi connectivity index (χ0v) is 11.1. The van der Waals surface area contributed by atoms with E-state index in [1.54, 1.807) is 7.11 Å². The van der Waals surface area contributed by atoms with Gasteiger partial charge < -0.3 is 9.84 Å². The lowest BCUT2D eigenvalue weighted by molar-refractivity contribution is -0.0585. The van der Waals surface area contributed by atoms with Crippen molar-refractivity contribution in [1.82, 2.24) is 0 Å². The molecule has 1 N–H and O–H groups in total. The lowest BCUT2D eigenvalue weighted by atomic mass is 9.82. The molecule has 0 aliphatic heterocycles. The number of ether oxygens (including phenoxy) is 1. The minimum atomic E-state index is -0.268.